The zero-order valence-electron chi connectivity index (χ0n) is 8.88. The molecule has 1 atom stereocenters. The molecule has 15 heavy (non-hydrogen) atoms. The van der Waals surface area contributed by atoms with E-state index in [0.717, 1.165) is 25.7 Å². The van der Waals surface area contributed by atoms with Crippen molar-refractivity contribution < 1.29 is 4.79 Å². The molecule has 0 aromatic heterocycles. The Hall–Kier alpha value is -0.630. The molecule has 0 saturated heterocycles. The maximum atomic E-state index is 11.9. The van der Waals surface area contributed by atoms with Gasteiger partial charge in [-0.1, -0.05) is 26.0 Å². The van der Waals surface area contributed by atoms with Crippen LogP contribution in [0.15, 0.2) is 11.6 Å². The van der Waals surface area contributed by atoms with Gasteiger partial charge >= 0.3 is 0 Å². The second kappa shape index (κ2) is 4.48. The Bertz CT molecular complexity index is 276. The molecule has 1 fully saturated rings. The van der Waals surface area contributed by atoms with Crippen molar-refractivity contribution >= 4 is 5.78 Å². The van der Waals surface area contributed by atoms with Crippen LogP contribution >= 0.6 is 0 Å². The average Bonchev–Trinajstić information content (AvgIpc) is 2.71. The van der Waals surface area contributed by atoms with Crippen LogP contribution in [0.5, 0.6) is 0 Å². The molecule has 2 N–H and O–H groups in total. The second-order valence-corrected chi connectivity index (χ2v) is 4.99. The fraction of sp³-hybridized carbons (Fsp3) is 0.769. The zero-order chi connectivity index (χ0) is 10.2. The van der Waals surface area contributed by atoms with Gasteiger partial charge in [-0.2, -0.15) is 0 Å². The van der Waals surface area contributed by atoms with Crippen LogP contribution in [0.2, 0.25) is 0 Å². The van der Waals surface area contributed by atoms with E-state index in [1.54, 1.807) is 0 Å². The quantitative estimate of drug-likeness (QED) is 0.723. The third-order valence-electron chi connectivity index (χ3n) is 3.55. The molecule has 0 amide bonds. The standard InChI is InChI=1S/C12H19NO.CH4/c1-12(6-7-12)11(14)10(13)8-9-4-2-3-5-9;/h4,10H,2-3,5-8,13H2,1H3;1H4/t10-;/m0./s1. The predicted octanol–water partition coefficient (Wildman–Crippen LogP) is 2.82. The van der Waals surface area contributed by atoms with Gasteiger partial charge < -0.3 is 5.73 Å². The molecule has 2 aliphatic carbocycles. The van der Waals surface area contributed by atoms with Gasteiger partial charge in [-0.15, -0.1) is 0 Å². The van der Waals surface area contributed by atoms with Gasteiger partial charge in [0.05, 0.1) is 6.04 Å². The number of allylic oxidation sites excluding steroid dienone is 1. The second-order valence-electron chi connectivity index (χ2n) is 4.99. The zero-order valence-corrected chi connectivity index (χ0v) is 8.88. The lowest BCUT2D eigenvalue weighted by molar-refractivity contribution is -0.124. The van der Waals surface area contributed by atoms with Crippen LogP contribution < -0.4 is 5.73 Å². The lowest BCUT2D eigenvalue weighted by Gasteiger charge is -2.15. The van der Waals surface area contributed by atoms with Crippen molar-refractivity contribution in [2.45, 2.75) is 58.9 Å². The van der Waals surface area contributed by atoms with Gasteiger partial charge in [0.25, 0.3) is 0 Å². The Labute approximate surface area is 92.9 Å². The van der Waals surface area contributed by atoms with Crippen LogP contribution in [0.25, 0.3) is 0 Å². The number of nitrogens with two attached hydrogens (primary N) is 1. The molecule has 2 heteroatoms. The third-order valence-corrected chi connectivity index (χ3v) is 3.55. The van der Waals surface area contributed by atoms with Gasteiger partial charge in [0.15, 0.2) is 5.78 Å². The van der Waals surface area contributed by atoms with E-state index in [-0.39, 0.29) is 24.7 Å². The first-order valence-electron chi connectivity index (χ1n) is 5.60. The van der Waals surface area contributed by atoms with E-state index < -0.39 is 0 Å². The highest BCUT2D eigenvalue weighted by molar-refractivity contribution is 5.91. The fourth-order valence-corrected chi connectivity index (χ4v) is 2.18. The first-order valence-corrected chi connectivity index (χ1v) is 5.60. The van der Waals surface area contributed by atoms with Gasteiger partial charge in [0, 0.05) is 5.41 Å². The number of ketones is 1. The van der Waals surface area contributed by atoms with E-state index in [1.165, 1.54) is 18.4 Å². The molecule has 0 radical (unpaired) electrons. The highest BCUT2D eigenvalue weighted by Gasteiger charge is 2.46. The van der Waals surface area contributed by atoms with E-state index in [1.807, 2.05) is 6.92 Å². The Morgan fingerprint density at radius 3 is 2.73 bits per heavy atom. The number of Topliss-reactive ketones (excluding diaryl/α,β-unsaturated/α-hetero) is 1. The molecule has 2 aliphatic rings. The van der Waals surface area contributed by atoms with Crippen LogP contribution in [0.3, 0.4) is 0 Å². The Balaban J connectivity index is 0.00000112. The smallest absolute Gasteiger partial charge is 0.155 e. The first-order chi connectivity index (χ1) is 6.62. The van der Waals surface area contributed by atoms with E-state index in [4.69, 9.17) is 5.73 Å². The lowest BCUT2D eigenvalue weighted by atomic mass is 9.93. The van der Waals surface area contributed by atoms with Gasteiger partial charge in [-0.25, -0.2) is 0 Å². The molecule has 0 heterocycles. The van der Waals surface area contributed by atoms with Crippen molar-refractivity contribution in [1.29, 1.82) is 0 Å². The molecule has 0 bridgehead atoms. The SMILES string of the molecule is C.CC1(C(=O)[C@@H](N)CC2=CCCC2)CC1. The van der Waals surface area contributed by atoms with Crippen LogP contribution in [-0.2, 0) is 4.79 Å². The minimum absolute atomic E-state index is 0. The molecule has 0 spiro atoms. The number of carbonyl (C=O) groups is 1. The van der Waals surface area contributed by atoms with E-state index in [0.29, 0.717) is 0 Å². The molecule has 1 saturated carbocycles. The largest absolute Gasteiger partial charge is 0.321 e. The van der Waals surface area contributed by atoms with E-state index in [2.05, 4.69) is 6.08 Å². The summed E-state index contributed by atoms with van der Waals surface area (Å²) in [4.78, 5) is 11.9. The summed E-state index contributed by atoms with van der Waals surface area (Å²) in [5.41, 5.74) is 7.27. The van der Waals surface area contributed by atoms with Crippen molar-refractivity contribution in [3.05, 3.63) is 11.6 Å². The van der Waals surface area contributed by atoms with Gasteiger partial charge in [0.2, 0.25) is 0 Å². The minimum atomic E-state index is -0.244. The number of carbonyl (C=O) groups excluding carboxylic acids is 1. The number of rotatable bonds is 4. The first kappa shape index (κ1) is 12.4. The summed E-state index contributed by atoms with van der Waals surface area (Å²) in [6.07, 6.45) is 8.70. The summed E-state index contributed by atoms with van der Waals surface area (Å²) in [5, 5.41) is 0. The molecule has 0 aromatic carbocycles. The molecular weight excluding hydrogens is 186 g/mol. The van der Waals surface area contributed by atoms with Crippen molar-refractivity contribution in [3.63, 3.8) is 0 Å². The fourth-order valence-electron chi connectivity index (χ4n) is 2.18. The topological polar surface area (TPSA) is 43.1 Å². The molecule has 0 aromatic rings. The van der Waals surface area contributed by atoms with Gasteiger partial charge in [-0.3, -0.25) is 4.79 Å². The van der Waals surface area contributed by atoms with Crippen molar-refractivity contribution in [2.75, 3.05) is 0 Å². The summed E-state index contributed by atoms with van der Waals surface area (Å²) >= 11 is 0. The van der Waals surface area contributed by atoms with Crippen LogP contribution in [0.1, 0.15) is 52.9 Å². The van der Waals surface area contributed by atoms with Gasteiger partial charge in [-0.05, 0) is 38.5 Å². The van der Waals surface area contributed by atoms with Crippen molar-refractivity contribution in [1.82, 2.24) is 0 Å². The van der Waals surface area contributed by atoms with Crippen LogP contribution in [-0.4, -0.2) is 11.8 Å². The predicted molar refractivity (Wildman–Crippen MR) is 63.6 cm³/mol. The molecule has 0 aliphatic heterocycles. The number of hydrogen-bond donors (Lipinski definition) is 1. The van der Waals surface area contributed by atoms with E-state index in [9.17, 15) is 4.79 Å². The molecule has 86 valence electrons. The Morgan fingerprint density at radius 1 is 1.60 bits per heavy atom. The van der Waals surface area contributed by atoms with E-state index >= 15 is 0 Å². The van der Waals surface area contributed by atoms with Crippen molar-refractivity contribution in [2.24, 2.45) is 11.1 Å². The summed E-state index contributed by atoms with van der Waals surface area (Å²) in [6, 6.07) is -0.244. The summed E-state index contributed by atoms with van der Waals surface area (Å²) in [5.74, 6) is 0.283. The Kier molecular flexibility index (Phi) is 3.72. The average molecular weight is 209 g/mol. The highest BCUT2D eigenvalue weighted by atomic mass is 16.1. The number of hydrogen-bond acceptors (Lipinski definition) is 2. The Morgan fingerprint density at radius 2 is 2.27 bits per heavy atom. The molecule has 0 unspecified atom stereocenters. The highest BCUT2D eigenvalue weighted by Crippen LogP contribution is 2.46. The molecule has 2 nitrogen and oxygen atoms in total. The molecule has 2 rings (SSSR count). The minimum Gasteiger partial charge on any atom is -0.321 e. The van der Waals surface area contributed by atoms with Crippen LogP contribution in [0, 0.1) is 5.41 Å². The lowest BCUT2D eigenvalue weighted by Crippen LogP contribution is -2.35. The van der Waals surface area contributed by atoms with Crippen LogP contribution in [0.4, 0.5) is 0 Å². The normalized spacial score (nSPS) is 24.0. The monoisotopic (exact) mass is 209 g/mol. The molecular formula is C13H23NO. The van der Waals surface area contributed by atoms with Gasteiger partial charge in [0.1, 0.15) is 0 Å². The summed E-state index contributed by atoms with van der Waals surface area (Å²) in [7, 11) is 0. The van der Waals surface area contributed by atoms with Crippen molar-refractivity contribution in [3.8, 4) is 0 Å². The third kappa shape index (κ3) is 2.69. The maximum Gasteiger partial charge on any atom is 0.155 e. The summed E-state index contributed by atoms with van der Waals surface area (Å²) < 4.78 is 0. The summed E-state index contributed by atoms with van der Waals surface area (Å²) in [6.45, 7) is 2.04. The maximum absolute atomic E-state index is 11.9.